The Morgan fingerprint density at radius 3 is 2.55 bits per heavy atom. The van der Waals surface area contributed by atoms with Gasteiger partial charge >= 0.3 is 6.36 Å². The molecule has 38 heavy (non-hydrogen) atoms. The molecule has 1 aromatic rings. The molecule has 0 bridgehead atoms. The van der Waals surface area contributed by atoms with E-state index in [-0.39, 0.29) is 35.6 Å². The first-order valence-corrected chi connectivity index (χ1v) is 14.0. The number of carbonyl (C=O) groups is 2. The van der Waals surface area contributed by atoms with Crippen LogP contribution < -0.4 is 15.4 Å². The Bertz CT molecular complexity index is 954. The maximum absolute atomic E-state index is 14.0. The van der Waals surface area contributed by atoms with Crippen LogP contribution in [-0.4, -0.2) is 79.3 Å². The number of nitrogens with zero attached hydrogens (tertiary/aromatic N) is 2. The predicted molar refractivity (Wildman–Crippen MR) is 139 cm³/mol. The predicted octanol–water partition coefficient (Wildman–Crippen LogP) is 3.72. The fourth-order valence-electron chi connectivity index (χ4n) is 6.30. The number of likely N-dealkylation sites (N-methyl/N-ethyl adjacent to an activating group) is 1. The van der Waals surface area contributed by atoms with Gasteiger partial charge in [-0.3, -0.25) is 9.59 Å². The third-order valence-corrected chi connectivity index (χ3v) is 8.59. The van der Waals surface area contributed by atoms with Crippen molar-refractivity contribution in [3.05, 3.63) is 29.8 Å². The van der Waals surface area contributed by atoms with E-state index >= 15 is 0 Å². The summed E-state index contributed by atoms with van der Waals surface area (Å²) in [5.41, 5.74) is 0.784. The molecular formula is C28H41F3N4O3. The third kappa shape index (κ3) is 7.40. The second-order valence-electron chi connectivity index (χ2n) is 11.1. The smallest absolute Gasteiger partial charge is 0.406 e. The number of nitrogens with one attached hydrogen (secondary N) is 2. The highest BCUT2D eigenvalue weighted by molar-refractivity contribution is 5.90. The van der Waals surface area contributed by atoms with Crippen molar-refractivity contribution in [3.63, 3.8) is 0 Å². The molecule has 2 heterocycles. The molecule has 2 aliphatic heterocycles. The number of piperidine rings is 1. The van der Waals surface area contributed by atoms with Gasteiger partial charge in [-0.2, -0.15) is 0 Å². The summed E-state index contributed by atoms with van der Waals surface area (Å²) >= 11 is 0. The van der Waals surface area contributed by atoms with Crippen molar-refractivity contribution in [2.75, 3.05) is 33.2 Å². The SMILES string of the molecule is CN[C@@H](C)C(=O)N[C@H](C(=O)N1CC[C@H]2CCN(CCc3cccc(OC(F)(F)F)c3)C[C@H]21)C1CCCCC1. The number of amides is 2. The lowest BCUT2D eigenvalue weighted by Crippen LogP contribution is -2.58. The van der Waals surface area contributed by atoms with E-state index < -0.39 is 12.4 Å². The quantitative estimate of drug-likeness (QED) is 0.502. The molecular weight excluding hydrogens is 497 g/mol. The van der Waals surface area contributed by atoms with Gasteiger partial charge in [0.05, 0.1) is 6.04 Å². The molecule has 4 atom stereocenters. The highest BCUT2D eigenvalue weighted by Crippen LogP contribution is 2.34. The number of alkyl halides is 3. The van der Waals surface area contributed by atoms with Gasteiger partial charge in [-0.15, -0.1) is 13.2 Å². The van der Waals surface area contributed by atoms with E-state index in [4.69, 9.17) is 0 Å². The lowest BCUT2D eigenvalue weighted by molar-refractivity contribution is -0.274. The van der Waals surface area contributed by atoms with Crippen molar-refractivity contribution >= 4 is 11.8 Å². The standard InChI is InChI=1S/C28H41F3N4O3/c1-19(32-2)26(36)33-25(22-8-4-3-5-9-22)27(37)35-16-13-21-12-15-34(18-24(21)35)14-11-20-7-6-10-23(17-20)38-28(29,30)31/h6-7,10,17,19,21-22,24-25,32H,3-5,8-9,11-16,18H2,1-2H3,(H,33,36)/t19-,21+,24+,25-/m0/s1. The van der Waals surface area contributed by atoms with Crippen LogP contribution in [0.3, 0.4) is 0 Å². The van der Waals surface area contributed by atoms with Crippen LogP contribution in [0, 0.1) is 11.8 Å². The maximum atomic E-state index is 14.0. The Hall–Kier alpha value is -2.33. The lowest BCUT2D eigenvalue weighted by Gasteiger charge is -2.41. The van der Waals surface area contributed by atoms with E-state index in [1.54, 1.807) is 20.0 Å². The van der Waals surface area contributed by atoms with Crippen LogP contribution in [0.4, 0.5) is 13.2 Å². The molecule has 1 aliphatic carbocycles. The van der Waals surface area contributed by atoms with Crippen LogP contribution in [0.15, 0.2) is 24.3 Å². The van der Waals surface area contributed by atoms with Crippen molar-refractivity contribution in [1.29, 1.82) is 0 Å². The minimum atomic E-state index is -4.71. The van der Waals surface area contributed by atoms with Gasteiger partial charge in [0.2, 0.25) is 11.8 Å². The van der Waals surface area contributed by atoms with Crippen molar-refractivity contribution in [3.8, 4) is 5.75 Å². The number of fused-ring (bicyclic) bond motifs is 1. The normalized spacial score (nSPS) is 24.5. The number of rotatable bonds is 9. The molecule has 0 radical (unpaired) electrons. The minimum absolute atomic E-state index is 0.0416. The number of carbonyl (C=O) groups excluding carboxylic acids is 2. The summed E-state index contributed by atoms with van der Waals surface area (Å²) in [5, 5.41) is 6.06. The number of likely N-dealkylation sites (tertiary alicyclic amines) is 2. The molecule has 2 amide bonds. The summed E-state index contributed by atoms with van der Waals surface area (Å²) in [6, 6.07) is 5.37. The van der Waals surface area contributed by atoms with E-state index in [0.29, 0.717) is 25.4 Å². The Morgan fingerprint density at radius 2 is 1.84 bits per heavy atom. The third-order valence-electron chi connectivity index (χ3n) is 8.59. The van der Waals surface area contributed by atoms with E-state index in [0.717, 1.165) is 57.2 Å². The van der Waals surface area contributed by atoms with Crippen LogP contribution in [0.25, 0.3) is 0 Å². The summed E-state index contributed by atoms with van der Waals surface area (Å²) in [6.45, 7) is 4.86. The van der Waals surface area contributed by atoms with Gasteiger partial charge in [-0.05, 0) is 82.2 Å². The molecule has 1 saturated carbocycles. The first-order chi connectivity index (χ1) is 18.1. The number of hydrogen-bond donors (Lipinski definition) is 2. The summed E-state index contributed by atoms with van der Waals surface area (Å²) in [4.78, 5) is 31.0. The molecule has 1 aromatic carbocycles. The zero-order valence-corrected chi connectivity index (χ0v) is 22.4. The Labute approximate surface area is 223 Å². The first kappa shape index (κ1) is 28.7. The van der Waals surface area contributed by atoms with Crippen molar-refractivity contribution in [2.45, 2.75) is 82.8 Å². The largest absolute Gasteiger partial charge is 0.573 e. The van der Waals surface area contributed by atoms with Crippen LogP contribution >= 0.6 is 0 Å². The van der Waals surface area contributed by atoms with Gasteiger partial charge in [-0.1, -0.05) is 31.4 Å². The van der Waals surface area contributed by atoms with Gasteiger partial charge in [0.1, 0.15) is 11.8 Å². The van der Waals surface area contributed by atoms with Crippen LogP contribution in [0.1, 0.15) is 57.4 Å². The van der Waals surface area contributed by atoms with Crippen molar-refractivity contribution < 1.29 is 27.5 Å². The molecule has 0 unspecified atom stereocenters. The zero-order chi connectivity index (χ0) is 27.3. The number of hydrogen-bond acceptors (Lipinski definition) is 5. The molecule has 0 aromatic heterocycles. The van der Waals surface area contributed by atoms with E-state index in [1.807, 2.05) is 11.0 Å². The first-order valence-electron chi connectivity index (χ1n) is 14.0. The monoisotopic (exact) mass is 538 g/mol. The fourth-order valence-corrected chi connectivity index (χ4v) is 6.30. The molecule has 3 aliphatic rings. The van der Waals surface area contributed by atoms with Crippen LogP contribution in [0.2, 0.25) is 0 Å². The molecule has 3 fully saturated rings. The van der Waals surface area contributed by atoms with E-state index in [9.17, 15) is 22.8 Å². The second-order valence-corrected chi connectivity index (χ2v) is 11.1. The van der Waals surface area contributed by atoms with Gasteiger partial charge < -0.3 is 25.2 Å². The Kier molecular flexibility index (Phi) is 9.57. The Morgan fingerprint density at radius 1 is 1.11 bits per heavy atom. The fraction of sp³-hybridized carbons (Fsp3) is 0.714. The summed E-state index contributed by atoms with van der Waals surface area (Å²) in [5.74, 6) is 0.297. The lowest BCUT2D eigenvalue weighted by atomic mass is 9.83. The Balaban J connectivity index is 1.39. The van der Waals surface area contributed by atoms with Gasteiger partial charge in [0, 0.05) is 25.7 Å². The molecule has 2 N–H and O–H groups in total. The molecule has 0 spiro atoms. The molecule has 2 saturated heterocycles. The summed E-state index contributed by atoms with van der Waals surface area (Å²) < 4.78 is 41.8. The highest BCUT2D eigenvalue weighted by atomic mass is 19.4. The molecule has 10 heteroatoms. The highest BCUT2D eigenvalue weighted by Gasteiger charge is 2.44. The van der Waals surface area contributed by atoms with Crippen molar-refractivity contribution in [2.24, 2.45) is 11.8 Å². The number of ether oxygens (including phenoxy) is 1. The topological polar surface area (TPSA) is 73.9 Å². The molecule has 7 nitrogen and oxygen atoms in total. The van der Waals surface area contributed by atoms with Gasteiger partial charge in [0.15, 0.2) is 0 Å². The van der Waals surface area contributed by atoms with E-state index in [2.05, 4.69) is 20.3 Å². The van der Waals surface area contributed by atoms with E-state index in [1.165, 1.54) is 18.6 Å². The number of benzene rings is 1. The molecule has 4 rings (SSSR count). The van der Waals surface area contributed by atoms with Crippen LogP contribution in [0.5, 0.6) is 5.75 Å². The number of halogens is 3. The van der Waals surface area contributed by atoms with Gasteiger partial charge in [0.25, 0.3) is 0 Å². The van der Waals surface area contributed by atoms with Gasteiger partial charge in [-0.25, -0.2) is 0 Å². The summed E-state index contributed by atoms with van der Waals surface area (Å²) in [7, 11) is 1.74. The average molecular weight is 539 g/mol. The molecule has 212 valence electrons. The van der Waals surface area contributed by atoms with Crippen molar-refractivity contribution in [1.82, 2.24) is 20.4 Å². The zero-order valence-electron chi connectivity index (χ0n) is 22.4. The maximum Gasteiger partial charge on any atom is 0.573 e. The second kappa shape index (κ2) is 12.7. The minimum Gasteiger partial charge on any atom is -0.406 e. The average Bonchev–Trinajstić information content (AvgIpc) is 3.32. The summed E-state index contributed by atoms with van der Waals surface area (Å²) in [6.07, 6.45) is 3.10. The van der Waals surface area contributed by atoms with Crippen LogP contribution in [-0.2, 0) is 16.0 Å².